The quantitative estimate of drug-likeness (QED) is 0.706. The van der Waals surface area contributed by atoms with Gasteiger partial charge in [-0.1, -0.05) is 44.2 Å². The maximum atomic E-state index is 11.8. The first-order chi connectivity index (χ1) is 12.0. The Morgan fingerprint density at radius 2 is 1.84 bits per heavy atom. The summed E-state index contributed by atoms with van der Waals surface area (Å²) in [4.78, 5) is 23.6. The maximum absolute atomic E-state index is 11.8. The number of hydrogen-bond acceptors (Lipinski definition) is 5. The Hall–Kier alpha value is -2.08. The molecule has 1 fully saturated rings. The number of hydrogen-bond donors (Lipinski definition) is 2. The molecule has 1 atom stereocenters. The molecule has 0 spiro atoms. The number of nitrogens with one attached hydrogen (secondary N) is 2. The lowest BCUT2D eigenvalue weighted by molar-refractivity contribution is -0.144. The highest BCUT2D eigenvalue weighted by Gasteiger charge is 2.34. The number of amides is 1. The summed E-state index contributed by atoms with van der Waals surface area (Å²) in [6.45, 7) is 4.41. The predicted octanol–water partition coefficient (Wildman–Crippen LogP) is 2.62. The van der Waals surface area contributed by atoms with Gasteiger partial charge in [-0.05, 0) is 30.7 Å². The molecule has 0 aromatic heterocycles. The molecule has 1 amide bonds. The van der Waals surface area contributed by atoms with Crippen molar-refractivity contribution in [3.8, 4) is 0 Å². The van der Waals surface area contributed by atoms with Gasteiger partial charge < -0.3 is 20.1 Å². The monoisotopic (exact) mass is 348 g/mol. The third-order valence-electron chi connectivity index (χ3n) is 4.30. The number of rotatable bonds is 8. The topological polar surface area (TPSA) is 76.7 Å². The van der Waals surface area contributed by atoms with Gasteiger partial charge in [0.05, 0.1) is 7.11 Å². The number of esters is 1. The minimum absolute atomic E-state index is 0.0816. The van der Waals surface area contributed by atoms with E-state index in [1.807, 2.05) is 30.3 Å². The second-order valence-electron chi connectivity index (χ2n) is 6.94. The van der Waals surface area contributed by atoms with Crippen molar-refractivity contribution in [3.05, 3.63) is 35.9 Å². The van der Waals surface area contributed by atoms with E-state index in [4.69, 9.17) is 9.47 Å². The van der Waals surface area contributed by atoms with E-state index < -0.39 is 6.09 Å². The molecule has 1 aliphatic rings. The van der Waals surface area contributed by atoms with Crippen LogP contribution < -0.4 is 10.6 Å². The van der Waals surface area contributed by atoms with E-state index in [-0.39, 0.29) is 30.7 Å². The number of ether oxygens (including phenoxy) is 2. The van der Waals surface area contributed by atoms with Crippen molar-refractivity contribution in [2.45, 2.75) is 57.8 Å². The molecule has 1 aromatic carbocycles. The van der Waals surface area contributed by atoms with E-state index in [0.29, 0.717) is 5.92 Å². The number of carbonyl (C=O) groups excluding carboxylic acids is 2. The molecule has 138 valence electrons. The van der Waals surface area contributed by atoms with Gasteiger partial charge in [0.15, 0.2) is 0 Å². The van der Waals surface area contributed by atoms with E-state index in [1.54, 1.807) is 0 Å². The summed E-state index contributed by atoms with van der Waals surface area (Å²) in [5, 5.41) is 6.19. The fourth-order valence-electron chi connectivity index (χ4n) is 2.93. The van der Waals surface area contributed by atoms with E-state index in [1.165, 1.54) is 7.11 Å². The van der Waals surface area contributed by atoms with Crippen molar-refractivity contribution in [2.24, 2.45) is 5.92 Å². The fourth-order valence-corrected chi connectivity index (χ4v) is 2.93. The fraction of sp³-hybridized carbons (Fsp3) is 0.579. The molecule has 0 aliphatic heterocycles. The van der Waals surface area contributed by atoms with Crippen molar-refractivity contribution in [1.29, 1.82) is 0 Å². The zero-order valence-corrected chi connectivity index (χ0v) is 15.2. The van der Waals surface area contributed by atoms with Crippen molar-refractivity contribution in [3.63, 3.8) is 0 Å². The lowest BCUT2D eigenvalue weighted by atomic mass is 9.85. The standard InChI is InChI=1S/C19H28N2O4/c1-13(2)9-17(18(22)24-3)20-15-10-16(11-15)21-19(23)25-12-14-7-5-4-6-8-14/h4-8,13,15-17,20H,9-12H2,1-3H3,(H,21,23). The van der Waals surface area contributed by atoms with Crippen molar-refractivity contribution in [1.82, 2.24) is 10.6 Å². The molecule has 0 saturated heterocycles. The van der Waals surface area contributed by atoms with Crippen LogP contribution in [0.15, 0.2) is 30.3 Å². The van der Waals surface area contributed by atoms with Gasteiger partial charge in [-0.25, -0.2) is 4.79 Å². The molecule has 0 radical (unpaired) electrons. The summed E-state index contributed by atoms with van der Waals surface area (Å²) in [6, 6.07) is 9.57. The Morgan fingerprint density at radius 1 is 1.16 bits per heavy atom. The molecule has 0 bridgehead atoms. The van der Waals surface area contributed by atoms with Gasteiger partial charge in [0.2, 0.25) is 0 Å². The van der Waals surface area contributed by atoms with Gasteiger partial charge in [-0.2, -0.15) is 0 Å². The Bertz CT molecular complexity index is 556. The second-order valence-corrected chi connectivity index (χ2v) is 6.94. The van der Waals surface area contributed by atoms with Gasteiger partial charge in [-0.15, -0.1) is 0 Å². The number of methoxy groups -OCH3 is 1. The second kappa shape index (κ2) is 9.42. The zero-order chi connectivity index (χ0) is 18.2. The first-order valence-electron chi connectivity index (χ1n) is 8.79. The van der Waals surface area contributed by atoms with Crippen LogP contribution >= 0.6 is 0 Å². The number of alkyl carbamates (subject to hydrolysis) is 1. The summed E-state index contributed by atoms with van der Waals surface area (Å²) in [5.74, 6) is 0.172. The molecule has 25 heavy (non-hydrogen) atoms. The van der Waals surface area contributed by atoms with Crippen molar-refractivity contribution < 1.29 is 19.1 Å². The summed E-state index contributed by atoms with van der Waals surface area (Å²) < 4.78 is 10.1. The van der Waals surface area contributed by atoms with Crippen LogP contribution in [0.1, 0.15) is 38.7 Å². The van der Waals surface area contributed by atoms with Crippen LogP contribution in [0.2, 0.25) is 0 Å². The van der Waals surface area contributed by atoms with Crippen LogP contribution in [-0.2, 0) is 20.9 Å². The highest BCUT2D eigenvalue weighted by Crippen LogP contribution is 2.22. The summed E-state index contributed by atoms with van der Waals surface area (Å²) >= 11 is 0. The third-order valence-corrected chi connectivity index (χ3v) is 4.30. The van der Waals surface area contributed by atoms with E-state index in [9.17, 15) is 9.59 Å². The Balaban J connectivity index is 1.67. The lowest BCUT2D eigenvalue weighted by Crippen LogP contribution is -2.56. The highest BCUT2D eigenvalue weighted by molar-refractivity contribution is 5.75. The van der Waals surface area contributed by atoms with Crippen LogP contribution in [-0.4, -0.2) is 37.3 Å². The Kier molecular flexibility index (Phi) is 7.25. The zero-order valence-electron chi connectivity index (χ0n) is 15.2. The van der Waals surface area contributed by atoms with Crippen molar-refractivity contribution >= 4 is 12.1 Å². The molecule has 6 heteroatoms. The van der Waals surface area contributed by atoms with Crippen LogP contribution in [0, 0.1) is 5.92 Å². The normalized spacial score (nSPS) is 20.5. The Labute approximate surface area is 149 Å². The maximum Gasteiger partial charge on any atom is 0.407 e. The molecule has 1 aliphatic carbocycles. The lowest BCUT2D eigenvalue weighted by Gasteiger charge is -2.38. The smallest absolute Gasteiger partial charge is 0.407 e. The van der Waals surface area contributed by atoms with Crippen LogP contribution in [0.5, 0.6) is 0 Å². The molecule has 0 heterocycles. The van der Waals surface area contributed by atoms with E-state index in [0.717, 1.165) is 24.8 Å². The van der Waals surface area contributed by atoms with Gasteiger partial charge >= 0.3 is 12.1 Å². The highest BCUT2D eigenvalue weighted by atomic mass is 16.5. The molecule has 2 rings (SSSR count). The summed E-state index contributed by atoms with van der Waals surface area (Å²) in [5.41, 5.74) is 0.959. The molecule has 1 unspecified atom stereocenters. The van der Waals surface area contributed by atoms with Crippen LogP contribution in [0.4, 0.5) is 4.79 Å². The van der Waals surface area contributed by atoms with Crippen LogP contribution in [0.3, 0.4) is 0 Å². The molecule has 1 saturated carbocycles. The average Bonchev–Trinajstić information content (AvgIpc) is 2.57. The molecular formula is C19H28N2O4. The van der Waals surface area contributed by atoms with E-state index in [2.05, 4.69) is 24.5 Å². The van der Waals surface area contributed by atoms with Gasteiger partial charge in [0, 0.05) is 12.1 Å². The first kappa shape index (κ1) is 19.2. The minimum Gasteiger partial charge on any atom is -0.468 e. The summed E-state index contributed by atoms with van der Waals surface area (Å²) in [6.07, 6.45) is 1.90. The third kappa shape index (κ3) is 6.38. The Morgan fingerprint density at radius 3 is 2.44 bits per heavy atom. The SMILES string of the molecule is COC(=O)C(CC(C)C)NC1CC(NC(=O)OCc2ccccc2)C1. The molecule has 2 N–H and O–H groups in total. The molecule has 1 aromatic rings. The summed E-state index contributed by atoms with van der Waals surface area (Å²) in [7, 11) is 1.41. The van der Waals surface area contributed by atoms with Gasteiger partial charge in [-0.3, -0.25) is 4.79 Å². The van der Waals surface area contributed by atoms with Gasteiger partial charge in [0.1, 0.15) is 12.6 Å². The largest absolute Gasteiger partial charge is 0.468 e. The van der Waals surface area contributed by atoms with E-state index >= 15 is 0 Å². The van der Waals surface area contributed by atoms with Gasteiger partial charge in [0.25, 0.3) is 0 Å². The van der Waals surface area contributed by atoms with Crippen LogP contribution in [0.25, 0.3) is 0 Å². The number of carbonyl (C=O) groups is 2. The number of benzene rings is 1. The minimum atomic E-state index is -0.404. The first-order valence-corrected chi connectivity index (χ1v) is 8.79. The molecule has 6 nitrogen and oxygen atoms in total. The predicted molar refractivity (Wildman–Crippen MR) is 95.0 cm³/mol. The van der Waals surface area contributed by atoms with Crippen molar-refractivity contribution in [2.75, 3.05) is 7.11 Å². The average molecular weight is 348 g/mol. The molecular weight excluding hydrogens is 320 g/mol.